The first-order chi connectivity index (χ1) is 10.1. The molecule has 0 aliphatic heterocycles. The molecular formula is C15H21NO5. The molecule has 0 bridgehead atoms. The fourth-order valence-corrected chi connectivity index (χ4v) is 1.66. The number of aliphatic carboxylic acids is 1. The van der Waals surface area contributed by atoms with Crippen molar-refractivity contribution in [2.24, 2.45) is 0 Å². The van der Waals surface area contributed by atoms with Crippen molar-refractivity contribution in [1.82, 2.24) is 5.32 Å². The molecule has 1 aromatic rings. The Hall–Kier alpha value is -2.24. The van der Waals surface area contributed by atoms with Crippen molar-refractivity contribution in [1.29, 1.82) is 0 Å². The molecule has 0 spiro atoms. The summed E-state index contributed by atoms with van der Waals surface area (Å²) < 4.78 is 10.8. The Morgan fingerprint density at radius 2 is 2.00 bits per heavy atom. The third-order valence-electron chi connectivity index (χ3n) is 2.75. The van der Waals surface area contributed by atoms with Gasteiger partial charge in [0.05, 0.1) is 20.1 Å². The molecule has 1 rings (SSSR count). The van der Waals surface area contributed by atoms with Crippen molar-refractivity contribution in [3.63, 3.8) is 0 Å². The summed E-state index contributed by atoms with van der Waals surface area (Å²) in [6.45, 7) is 2.96. The maximum absolute atomic E-state index is 11.5. The lowest BCUT2D eigenvalue weighted by atomic mass is 10.2. The molecule has 0 unspecified atom stereocenters. The number of carboxylic acid groups (broad SMARTS) is 1. The molecule has 1 amide bonds. The second-order valence-electron chi connectivity index (χ2n) is 4.50. The van der Waals surface area contributed by atoms with Gasteiger partial charge >= 0.3 is 5.97 Å². The van der Waals surface area contributed by atoms with Gasteiger partial charge in [-0.3, -0.25) is 9.59 Å². The number of amides is 1. The lowest BCUT2D eigenvalue weighted by Gasteiger charge is -2.12. The van der Waals surface area contributed by atoms with E-state index in [-0.39, 0.29) is 18.7 Å². The van der Waals surface area contributed by atoms with E-state index in [1.807, 2.05) is 13.0 Å². The molecule has 0 heterocycles. The summed E-state index contributed by atoms with van der Waals surface area (Å²) in [7, 11) is 1.56. The van der Waals surface area contributed by atoms with Crippen LogP contribution in [-0.2, 0) is 16.1 Å². The summed E-state index contributed by atoms with van der Waals surface area (Å²) in [5.41, 5.74) is 0.861. The van der Waals surface area contributed by atoms with Crippen LogP contribution in [0.25, 0.3) is 0 Å². The normalized spacial score (nSPS) is 10.0. The van der Waals surface area contributed by atoms with E-state index in [4.69, 9.17) is 14.6 Å². The second kappa shape index (κ2) is 8.84. The fraction of sp³-hybridized carbons (Fsp3) is 0.467. The summed E-state index contributed by atoms with van der Waals surface area (Å²) in [6.07, 6.45) is 0.716. The van der Waals surface area contributed by atoms with E-state index >= 15 is 0 Å². The lowest BCUT2D eigenvalue weighted by Crippen LogP contribution is -2.23. The van der Waals surface area contributed by atoms with E-state index in [1.165, 1.54) is 0 Å². The molecule has 0 radical (unpaired) electrons. The molecule has 0 atom stereocenters. The van der Waals surface area contributed by atoms with Crippen molar-refractivity contribution in [2.45, 2.75) is 32.7 Å². The highest BCUT2D eigenvalue weighted by molar-refractivity contribution is 5.80. The minimum absolute atomic E-state index is 0.0236. The number of carbonyl (C=O) groups excluding carboxylic acids is 1. The Morgan fingerprint density at radius 1 is 1.24 bits per heavy atom. The highest BCUT2D eigenvalue weighted by Crippen LogP contribution is 2.28. The molecular weight excluding hydrogens is 274 g/mol. The van der Waals surface area contributed by atoms with Crippen LogP contribution >= 0.6 is 0 Å². The van der Waals surface area contributed by atoms with Gasteiger partial charge in [-0.1, -0.05) is 13.0 Å². The van der Waals surface area contributed by atoms with Crippen LogP contribution in [-0.4, -0.2) is 30.7 Å². The number of carboxylic acids is 1. The van der Waals surface area contributed by atoms with Crippen LogP contribution in [0, 0.1) is 0 Å². The van der Waals surface area contributed by atoms with Crippen molar-refractivity contribution < 1.29 is 24.2 Å². The number of methoxy groups -OCH3 is 1. The van der Waals surface area contributed by atoms with Gasteiger partial charge in [0.25, 0.3) is 0 Å². The maximum atomic E-state index is 11.5. The zero-order valence-electron chi connectivity index (χ0n) is 12.3. The molecule has 6 nitrogen and oxygen atoms in total. The van der Waals surface area contributed by atoms with Crippen LogP contribution in [0.5, 0.6) is 11.5 Å². The summed E-state index contributed by atoms with van der Waals surface area (Å²) in [5, 5.41) is 11.2. The number of benzene rings is 1. The van der Waals surface area contributed by atoms with Crippen LogP contribution in [0.3, 0.4) is 0 Å². The van der Waals surface area contributed by atoms with E-state index in [2.05, 4.69) is 5.32 Å². The summed E-state index contributed by atoms with van der Waals surface area (Å²) in [5.74, 6) is 0.00737. The highest BCUT2D eigenvalue weighted by Gasteiger charge is 2.08. The maximum Gasteiger partial charge on any atom is 0.303 e. The van der Waals surface area contributed by atoms with Gasteiger partial charge < -0.3 is 19.9 Å². The van der Waals surface area contributed by atoms with Gasteiger partial charge in [-0.2, -0.15) is 0 Å². The van der Waals surface area contributed by atoms with Gasteiger partial charge in [0.1, 0.15) is 0 Å². The number of rotatable bonds is 9. The summed E-state index contributed by atoms with van der Waals surface area (Å²) >= 11 is 0. The Kier molecular flexibility index (Phi) is 7.08. The average molecular weight is 295 g/mol. The van der Waals surface area contributed by atoms with Crippen LogP contribution in [0.4, 0.5) is 0 Å². The largest absolute Gasteiger partial charge is 0.493 e. The Morgan fingerprint density at radius 3 is 2.62 bits per heavy atom. The van der Waals surface area contributed by atoms with Crippen molar-refractivity contribution in [3.8, 4) is 11.5 Å². The standard InChI is InChI=1S/C15H21NO5/c1-3-8-21-12-5-4-11(9-13(12)20-2)10-16-14(17)6-7-15(18)19/h4-5,9H,3,6-8,10H2,1-2H3,(H,16,17)(H,18,19). The van der Waals surface area contributed by atoms with E-state index < -0.39 is 5.97 Å². The predicted octanol–water partition coefficient (Wildman–Crippen LogP) is 1.97. The SMILES string of the molecule is CCCOc1ccc(CNC(=O)CCC(=O)O)cc1OC. The first-order valence-corrected chi connectivity index (χ1v) is 6.85. The van der Waals surface area contributed by atoms with Crippen molar-refractivity contribution in [3.05, 3.63) is 23.8 Å². The number of ether oxygens (including phenoxy) is 2. The molecule has 0 aliphatic carbocycles. The minimum atomic E-state index is -0.982. The number of hydrogen-bond donors (Lipinski definition) is 2. The molecule has 0 aliphatic rings. The summed E-state index contributed by atoms with van der Waals surface area (Å²) in [6, 6.07) is 5.43. The van der Waals surface area contributed by atoms with Crippen LogP contribution in [0.1, 0.15) is 31.7 Å². The van der Waals surface area contributed by atoms with E-state index in [0.29, 0.717) is 24.7 Å². The van der Waals surface area contributed by atoms with E-state index in [0.717, 1.165) is 12.0 Å². The first kappa shape index (κ1) is 16.8. The summed E-state index contributed by atoms with van der Waals surface area (Å²) in [4.78, 5) is 21.8. The lowest BCUT2D eigenvalue weighted by molar-refractivity contribution is -0.138. The smallest absolute Gasteiger partial charge is 0.303 e. The molecule has 0 saturated heterocycles. The predicted molar refractivity (Wildman–Crippen MR) is 77.5 cm³/mol. The topological polar surface area (TPSA) is 84.9 Å². The minimum Gasteiger partial charge on any atom is -0.493 e. The number of nitrogens with one attached hydrogen (secondary N) is 1. The molecule has 1 aromatic carbocycles. The van der Waals surface area contributed by atoms with Gasteiger partial charge in [-0.15, -0.1) is 0 Å². The van der Waals surface area contributed by atoms with Gasteiger partial charge in [0, 0.05) is 13.0 Å². The third kappa shape index (κ3) is 6.16. The molecule has 6 heteroatoms. The second-order valence-corrected chi connectivity index (χ2v) is 4.50. The van der Waals surface area contributed by atoms with Gasteiger partial charge in [0.15, 0.2) is 11.5 Å². The molecule has 0 aromatic heterocycles. The first-order valence-electron chi connectivity index (χ1n) is 6.85. The molecule has 2 N–H and O–H groups in total. The highest BCUT2D eigenvalue weighted by atomic mass is 16.5. The van der Waals surface area contributed by atoms with Crippen LogP contribution in [0.15, 0.2) is 18.2 Å². The zero-order chi connectivity index (χ0) is 15.7. The zero-order valence-corrected chi connectivity index (χ0v) is 12.3. The van der Waals surface area contributed by atoms with Crippen molar-refractivity contribution in [2.75, 3.05) is 13.7 Å². The number of hydrogen-bond acceptors (Lipinski definition) is 4. The Balaban J connectivity index is 2.55. The Bertz CT molecular complexity index is 487. The Labute approximate surface area is 124 Å². The molecule has 21 heavy (non-hydrogen) atoms. The quantitative estimate of drug-likeness (QED) is 0.727. The monoisotopic (exact) mass is 295 g/mol. The third-order valence-corrected chi connectivity index (χ3v) is 2.75. The fourth-order valence-electron chi connectivity index (χ4n) is 1.66. The molecule has 0 fully saturated rings. The van der Waals surface area contributed by atoms with Gasteiger partial charge in [-0.05, 0) is 24.1 Å². The molecule has 0 saturated carbocycles. The number of carbonyl (C=O) groups is 2. The van der Waals surface area contributed by atoms with Crippen molar-refractivity contribution >= 4 is 11.9 Å². The molecule has 116 valence electrons. The van der Waals surface area contributed by atoms with E-state index in [1.54, 1.807) is 19.2 Å². The van der Waals surface area contributed by atoms with Crippen LogP contribution in [0.2, 0.25) is 0 Å². The van der Waals surface area contributed by atoms with Gasteiger partial charge in [0.2, 0.25) is 5.91 Å². The van der Waals surface area contributed by atoms with Gasteiger partial charge in [-0.25, -0.2) is 0 Å². The average Bonchev–Trinajstić information content (AvgIpc) is 2.49. The van der Waals surface area contributed by atoms with E-state index in [9.17, 15) is 9.59 Å². The van der Waals surface area contributed by atoms with Crippen LogP contribution < -0.4 is 14.8 Å².